The molecule has 0 spiro atoms. The van der Waals surface area contributed by atoms with Crippen LogP contribution < -0.4 is 16.0 Å². The predicted molar refractivity (Wildman–Crippen MR) is 68.0 cm³/mol. The number of amides is 4. The summed E-state index contributed by atoms with van der Waals surface area (Å²) in [5, 5.41) is 8.27. The van der Waals surface area contributed by atoms with Gasteiger partial charge in [-0.3, -0.25) is 0 Å². The normalized spacial score (nSPS) is 11.9. The maximum Gasteiger partial charge on any atom is 0.317 e. The van der Waals surface area contributed by atoms with Crippen LogP contribution in [0.3, 0.4) is 0 Å². The van der Waals surface area contributed by atoms with Crippen LogP contribution >= 0.6 is 0 Å². The number of urea groups is 2. The second kappa shape index (κ2) is 7.76. The van der Waals surface area contributed by atoms with Crippen LogP contribution in [0.5, 0.6) is 0 Å². The fourth-order valence-electron chi connectivity index (χ4n) is 1.13. The second-order valence-electron chi connectivity index (χ2n) is 4.59. The van der Waals surface area contributed by atoms with Crippen molar-refractivity contribution >= 4 is 12.1 Å². The number of hydrogen-bond donors (Lipinski definition) is 3. The Morgan fingerprint density at radius 2 is 1.71 bits per heavy atom. The van der Waals surface area contributed by atoms with E-state index in [1.165, 1.54) is 4.90 Å². The van der Waals surface area contributed by atoms with Gasteiger partial charge in [0.1, 0.15) is 0 Å². The van der Waals surface area contributed by atoms with E-state index in [9.17, 15) is 9.59 Å². The van der Waals surface area contributed by atoms with Gasteiger partial charge in [0.25, 0.3) is 0 Å². The average Bonchev–Trinajstić information content (AvgIpc) is 2.15. The third kappa shape index (κ3) is 8.36. The van der Waals surface area contributed by atoms with Gasteiger partial charge in [0.05, 0.1) is 0 Å². The molecule has 0 aliphatic heterocycles. The second-order valence-corrected chi connectivity index (χ2v) is 4.59. The third-order valence-corrected chi connectivity index (χ3v) is 2.06. The Bertz CT molecular complexity index is 254. The summed E-state index contributed by atoms with van der Waals surface area (Å²) >= 11 is 0. The Hall–Kier alpha value is -1.46. The number of rotatable bonds is 5. The van der Waals surface area contributed by atoms with E-state index in [1.54, 1.807) is 14.1 Å². The Balaban J connectivity index is 3.67. The lowest BCUT2D eigenvalue weighted by Gasteiger charge is -2.18. The van der Waals surface area contributed by atoms with Gasteiger partial charge in [0.2, 0.25) is 0 Å². The minimum absolute atomic E-state index is 0.0317. The van der Waals surface area contributed by atoms with Gasteiger partial charge in [-0.15, -0.1) is 0 Å². The first-order valence-corrected chi connectivity index (χ1v) is 5.85. The molecule has 17 heavy (non-hydrogen) atoms. The summed E-state index contributed by atoms with van der Waals surface area (Å²) in [6, 6.07) is -0.139. The van der Waals surface area contributed by atoms with Crippen LogP contribution in [0, 0.1) is 0 Å². The van der Waals surface area contributed by atoms with Crippen molar-refractivity contribution < 1.29 is 9.59 Å². The lowest BCUT2D eigenvalue weighted by atomic mass is 10.2. The number of nitrogens with one attached hydrogen (secondary N) is 3. The van der Waals surface area contributed by atoms with E-state index in [-0.39, 0.29) is 24.1 Å². The van der Waals surface area contributed by atoms with Gasteiger partial charge in [-0.25, -0.2) is 9.59 Å². The molecule has 1 unspecified atom stereocenters. The van der Waals surface area contributed by atoms with Crippen molar-refractivity contribution in [2.75, 3.05) is 20.6 Å². The van der Waals surface area contributed by atoms with Crippen LogP contribution in [-0.4, -0.2) is 49.7 Å². The molecule has 6 nitrogen and oxygen atoms in total. The van der Waals surface area contributed by atoms with Gasteiger partial charge in [-0.1, -0.05) is 0 Å². The highest BCUT2D eigenvalue weighted by atomic mass is 16.2. The average molecular weight is 244 g/mol. The van der Waals surface area contributed by atoms with Crippen LogP contribution in [0.25, 0.3) is 0 Å². The SMILES string of the molecule is CC(C)NC(=O)NCCC(C)NC(=O)N(C)C. The van der Waals surface area contributed by atoms with Crippen LogP contribution in [0.2, 0.25) is 0 Å². The zero-order valence-corrected chi connectivity index (χ0v) is 11.3. The van der Waals surface area contributed by atoms with E-state index >= 15 is 0 Å². The zero-order valence-electron chi connectivity index (χ0n) is 11.3. The summed E-state index contributed by atoms with van der Waals surface area (Å²) in [4.78, 5) is 24.0. The van der Waals surface area contributed by atoms with Crippen LogP contribution in [0.4, 0.5) is 9.59 Å². The van der Waals surface area contributed by atoms with Crippen molar-refractivity contribution in [3.8, 4) is 0 Å². The van der Waals surface area contributed by atoms with Crippen molar-refractivity contribution in [1.82, 2.24) is 20.9 Å². The summed E-state index contributed by atoms with van der Waals surface area (Å²) in [6.45, 7) is 6.25. The molecule has 4 amide bonds. The molecule has 0 radical (unpaired) electrons. The predicted octanol–water partition coefficient (Wildman–Crippen LogP) is 0.744. The number of carbonyl (C=O) groups is 2. The molecule has 0 fully saturated rings. The van der Waals surface area contributed by atoms with Gasteiger partial charge < -0.3 is 20.9 Å². The van der Waals surface area contributed by atoms with E-state index in [0.29, 0.717) is 13.0 Å². The fourth-order valence-corrected chi connectivity index (χ4v) is 1.13. The van der Waals surface area contributed by atoms with Crippen LogP contribution in [0.1, 0.15) is 27.2 Å². The lowest BCUT2D eigenvalue weighted by molar-refractivity contribution is 0.213. The number of carbonyl (C=O) groups excluding carboxylic acids is 2. The van der Waals surface area contributed by atoms with Crippen molar-refractivity contribution in [2.24, 2.45) is 0 Å². The highest BCUT2D eigenvalue weighted by Gasteiger charge is 2.09. The molecule has 0 heterocycles. The van der Waals surface area contributed by atoms with Crippen molar-refractivity contribution in [3.63, 3.8) is 0 Å². The molecular weight excluding hydrogens is 220 g/mol. The number of nitrogens with zero attached hydrogens (tertiary/aromatic N) is 1. The Morgan fingerprint density at radius 3 is 2.18 bits per heavy atom. The van der Waals surface area contributed by atoms with Crippen LogP contribution in [0.15, 0.2) is 0 Å². The summed E-state index contributed by atoms with van der Waals surface area (Å²) in [5.74, 6) is 0. The summed E-state index contributed by atoms with van der Waals surface area (Å²) in [5.41, 5.74) is 0. The minimum atomic E-state index is -0.175. The van der Waals surface area contributed by atoms with Gasteiger partial charge >= 0.3 is 12.1 Å². The molecule has 6 heteroatoms. The first kappa shape index (κ1) is 15.5. The quantitative estimate of drug-likeness (QED) is 0.667. The molecule has 0 aromatic heterocycles. The highest BCUT2D eigenvalue weighted by Crippen LogP contribution is 1.90. The first-order chi connectivity index (χ1) is 7.82. The molecule has 0 saturated carbocycles. The molecule has 100 valence electrons. The maximum absolute atomic E-state index is 11.3. The zero-order chi connectivity index (χ0) is 13.4. The Kier molecular flexibility index (Phi) is 7.09. The van der Waals surface area contributed by atoms with Crippen LogP contribution in [-0.2, 0) is 0 Å². The van der Waals surface area contributed by atoms with Gasteiger partial charge in [0.15, 0.2) is 0 Å². The molecule has 0 rings (SSSR count). The molecular formula is C11H24N4O2. The largest absolute Gasteiger partial charge is 0.338 e. The van der Waals surface area contributed by atoms with E-state index in [1.807, 2.05) is 20.8 Å². The summed E-state index contributed by atoms with van der Waals surface area (Å²) < 4.78 is 0. The molecule has 0 aromatic rings. The Labute approximate surface area is 103 Å². The third-order valence-electron chi connectivity index (χ3n) is 2.06. The van der Waals surface area contributed by atoms with Gasteiger partial charge in [-0.2, -0.15) is 0 Å². The molecule has 1 atom stereocenters. The summed E-state index contributed by atoms with van der Waals surface area (Å²) in [6.07, 6.45) is 0.699. The molecule has 0 aromatic carbocycles. The van der Waals surface area contributed by atoms with E-state index in [4.69, 9.17) is 0 Å². The fraction of sp³-hybridized carbons (Fsp3) is 0.818. The minimum Gasteiger partial charge on any atom is -0.338 e. The van der Waals surface area contributed by atoms with E-state index in [2.05, 4.69) is 16.0 Å². The maximum atomic E-state index is 11.3. The monoisotopic (exact) mass is 244 g/mol. The molecule has 0 saturated heterocycles. The standard InChI is InChI=1S/C11H24N4O2/c1-8(2)13-10(16)12-7-6-9(3)14-11(17)15(4)5/h8-9H,6-7H2,1-5H3,(H,14,17)(H2,12,13,16). The Morgan fingerprint density at radius 1 is 1.12 bits per heavy atom. The molecule has 0 bridgehead atoms. The first-order valence-electron chi connectivity index (χ1n) is 5.85. The molecule has 0 aliphatic rings. The van der Waals surface area contributed by atoms with Crippen molar-refractivity contribution in [3.05, 3.63) is 0 Å². The van der Waals surface area contributed by atoms with Gasteiger partial charge in [-0.05, 0) is 27.2 Å². The van der Waals surface area contributed by atoms with E-state index in [0.717, 1.165) is 0 Å². The van der Waals surface area contributed by atoms with Crippen molar-refractivity contribution in [2.45, 2.75) is 39.3 Å². The number of hydrogen-bond acceptors (Lipinski definition) is 2. The van der Waals surface area contributed by atoms with Crippen molar-refractivity contribution in [1.29, 1.82) is 0 Å². The summed E-state index contributed by atoms with van der Waals surface area (Å²) in [7, 11) is 3.38. The van der Waals surface area contributed by atoms with Gasteiger partial charge in [0, 0.05) is 32.7 Å². The lowest BCUT2D eigenvalue weighted by Crippen LogP contribution is -2.43. The highest BCUT2D eigenvalue weighted by molar-refractivity contribution is 5.74. The molecule has 0 aliphatic carbocycles. The van der Waals surface area contributed by atoms with E-state index < -0.39 is 0 Å². The molecule has 3 N–H and O–H groups in total. The smallest absolute Gasteiger partial charge is 0.317 e. The topological polar surface area (TPSA) is 73.5 Å².